The summed E-state index contributed by atoms with van der Waals surface area (Å²) in [7, 11) is 0. The molecule has 0 aliphatic heterocycles. The van der Waals surface area contributed by atoms with Gasteiger partial charge in [0, 0.05) is 17.3 Å². The third-order valence-corrected chi connectivity index (χ3v) is 2.32. The van der Waals surface area contributed by atoms with Crippen molar-refractivity contribution in [3.05, 3.63) is 17.6 Å². The molecule has 0 bridgehead atoms. The van der Waals surface area contributed by atoms with Gasteiger partial charge in [0.1, 0.15) is 11.6 Å². The molecule has 0 saturated heterocycles. The molecule has 0 aliphatic rings. The lowest BCUT2D eigenvalue weighted by Crippen LogP contribution is -2.30. The van der Waals surface area contributed by atoms with Crippen LogP contribution in [-0.2, 0) is 0 Å². The molecule has 14 heavy (non-hydrogen) atoms. The highest BCUT2D eigenvalue weighted by atomic mass is 15.1. The maximum absolute atomic E-state index is 4.34. The number of hydrogen-bond acceptors (Lipinski definition) is 3. The summed E-state index contributed by atoms with van der Waals surface area (Å²) in [5, 5.41) is 3.40. The summed E-state index contributed by atoms with van der Waals surface area (Å²) in [6.07, 6.45) is 1.06. The number of nitrogens with zero attached hydrogens (tertiary/aromatic N) is 2. The maximum Gasteiger partial charge on any atom is 0.130 e. The predicted octanol–water partition coefficient (Wildman–Crippen LogP) is 2.69. The lowest BCUT2D eigenvalue weighted by Gasteiger charge is -2.25. The summed E-state index contributed by atoms with van der Waals surface area (Å²) >= 11 is 0. The molecule has 1 aromatic rings. The van der Waals surface area contributed by atoms with E-state index in [1.165, 1.54) is 0 Å². The van der Waals surface area contributed by atoms with Crippen LogP contribution in [0.3, 0.4) is 0 Å². The fourth-order valence-electron chi connectivity index (χ4n) is 1.22. The number of anilines is 1. The molecule has 0 saturated carbocycles. The second kappa shape index (κ2) is 3.95. The summed E-state index contributed by atoms with van der Waals surface area (Å²) in [6.45, 7) is 10.4. The van der Waals surface area contributed by atoms with Crippen molar-refractivity contribution in [3.8, 4) is 0 Å². The average molecular weight is 193 g/mol. The Bertz CT molecular complexity index is 298. The van der Waals surface area contributed by atoms with Crippen LogP contribution in [0.4, 0.5) is 5.82 Å². The molecule has 1 heterocycles. The Kier molecular flexibility index (Phi) is 3.09. The summed E-state index contributed by atoms with van der Waals surface area (Å²) in [5.41, 5.74) is 1.10. The van der Waals surface area contributed by atoms with Crippen molar-refractivity contribution in [1.82, 2.24) is 9.97 Å². The van der Waals surface area contributed by atoms with Gasteiger partial charge in [0.25, 0.3) is 0 Å². The second-order valence-corrected chi connectivity index (χ2v) is 4.30. The van der Waals surface area contributed by atoms with Gasteiger partial charge in [0.15, 0.2) is 0 Å². The van der Waals surface area contributed by atoms with Crippen LogP contribution in [0, 0.1) is 13.8 Å². The lowest BCUT2D eigenvalue weighted by atomic mass is 10.0. The number of rotatable bonds is 3. The molecule has 78 valence electrons. The van der Waals surface area contributed by atoms with E-state index in [4.69, 9.17) is 0 Å². The zero-order valence-corrected chi connectivity index (χ0v) is 9.68. The van der Waals surface area contributed by atoms with E-state index >= 15 is 0 Å². The van der Waals surface area contributed by atoms with Gasteiger partial charge < -0.3 is 5.32 Å². The average Bonchev–Trinajstić information content (AvgIpc) is 2.01. The molecule has 0 radical (unpaired) electrons. The Balaban J connectivity index is 2.87. The Morgan fingerprint density at radius 2 is 1.93 bits per heavy atom. The zero-order chi connectivity index (χ0) is 10.8. The standard InChI is InChI=1S/C11H19N3/c1-6-11(4,5)14-10-7-8(2)12-9(3)13-10/h7H,6H2,1-5H3,(H,12,13,14). The molecule has 1 aromatic heterocycles. The molecule has 3 heteroatoms. The largest absolute Gasteiger partial charge is 0.365 e. The van der Waals surface area contributed by atoms with Crippen LogP contribution in [0.1, 0.15) is 38.7 Å². The van der Waals surface area contributed by atoms with Crippen molar-refractivity contribution in [1.29, 1.82) is 0 Å². The first-order chi connectivity index (χ1) is 6.43. The lowest BCUT2D eigenvalue weighted by molar-refractivity contribution is 0.544. The van der Waals surface area contributed by atoms with E-state index in [-0.39, 0.29) is 5.54 Å². The third kappa shape index (κ3) is 2.98. The first-order valence-corrected chi connectivity index (χ1v) is 5.03. The molecule has 0 atom stereocenters. The molecular formula is C11H19N3. The van der Waals surface area contributed by atoms with Crippen LogP contribution >= 0.6 is 0 Å². The Morgan fingerprint density at radius 3 is 2.43 bits per heavy atom. The molecule has 0 aliphatic carbocycles. The van der Waals surface area contributed by atoms with E-state index in [0.717, 1.165) is 23.8 Å². The smallest absolute Gasteiger partial charge is 0.130 e. The zero-order valence-electron chi connectivity index (χ0n) is 9.68. The maximum atomic E-state index is 4.34. The quantitative estimate of drug-likeness (QED) is 0.802. The van der Waals surface area contributed by atoms with Gasteiger partial charge in [0.05, 0.1) is 0 Å². The second-order valence-electron chi connectivity index (χ2n) is 4.30. The monoisotopic (exact) mass is 193 g/mol. The van der Waals surface area contributed by atoms with Gasteiger partial charge in [0.2, 0.25) is 0 Å². The normalized spacial score (nSPS) is 11.5. The minimum absolute atomic E-state index is 0.0905. The Morgan fingerprint density at radius 1 is 1.29 bits per heavy atom. The number of aromatic nitrogens is 2. The molecule has 0 amide bonds. The van der Waals surface area contributed by atoms with Crippen molar-refractivity contribution in [2.75, 3.05) is 5.32 Å². The molecular weight excluding hydrogens is 174 g/mol. The van der Waals surface area contributed by atoms with Crippen molar-refractivity contribution >= 4 is 5.82 Å². The molecule has 1 rings (SSSR count). The van der Waals surface area contributed by atoms with Crippen LogP contribution in [0.15, 0.2) is 6.07 Å². The van der Waals surface area contributed by atoms with Crippen LogP contribution in [0.2, 0.25) is 0 Å². The highest BCUT2D eigenvalue weighted by molar-refractivity contribution is 5.38. The van der Waals surface area contributed by atoms with Crippen molar-refractivity contribution in [3.63, 3.8) is 0 Å². The molecule has 0 aromatic carbocycles. The number of hydrogen-bond donors (Lipinski definition) is 1. The summed E-state index contributed by atoms with van der Waals surface area (Å²) in [6, 6.07) is 1.98. The summed E-state index contributed by atoms with van der Waals surface area (Å²) in [4.78, 5) is 8.58. The van der Waals surface area contributed by atoms with Gasteiger partial charge in [-0.25, -0.2) is 9.97 Å². The van der Waals surface area contributed by atoms with Gasteiger partial charge in [-0.3, -0.25) is 0 Å². The topological polar surface area (TPSA) is 37.8 Å². The van der Waals surface area contributed by atoms with Crippen LogP contribution in [0.25, 0.3) is 0 Å². The fourth-order valence-corrected chi connectivity index (χ4v) is 1.22. The highest BCUT2D eigenvalue weighted by Gasteiger charge is 2.15. The highest BCUT2D eigenvalue weighted by Crippen LogP contribution is 2.16. The third-order valence-electron chi connectivity index (χ3n) is 2.32. The molecule has 0 fully saturated rings. The van der Waals surface area contributed by atoms with Crippen molar-refractivity contribution in [2.45, 2.75) is 46.6 Å². The predicted molar refractivity (Wildman–Crippen MR) is 59.5 cm³/mol. The van der Waals surface area contributed by atoms with Gasteiger partial charge in [-0.2, -0.15) is 0 Å². The van der Waals surface area contributed by atoms with E-state index in [2.05, 4.69) is 36.1 Å². The van der Waals surface area contributed by atoms with Gasteiger partial charge in [-0.05, 0) is 34.1 Å². The molecule has 3 nitrogen and oxygen atoms in total. The molecule has 0 unspecified atom stereocenters. The minimum Gasteiger partial charge on any atom is -0.365 e. The Hall–Kier alpha value is -1.12. The number of nitrogens with one attached hydrogen (secondary N) is 1. The fraction of sp³-hybridized carbons (Fsp3) is 0.636. The van der Waals surface area contributed by atoms with Crippen LogP contribution in [0.5, 0.6) is 0 Å². The first kappa shape index (κ1) is 11.0. The SMILES string of the molecule is CCC(C)(C)Nc1cc(C)nc(C)n1. The van der Waals surface area contributed by atoms with E-state index in [0.29, 0.717) is 0 Å². The minimum atomic E-state index is 0.0905. The van der Waals surface area contributed by atoms with E-state index < -0.39 is 0 Å². The summed E-state index contributed by atoms with van der Waals surface area (Å²) in [5.74, 6) is 1.74. The van der Waals surface area contributed by atoms with Crippen LogP contribution < -0.4 is 5.32 Å². The Labute approximate surface area is 86.0 Å². The number of aryl methyl sites for hydroxylation is 2. The van der Waals surface area contributed by atoms with Crippen LogP contribution in [-0.4, -0.2) is 15.5 Å². The molecule has 1 N–H and O–H groups in total. The molecule has 0 spiro atoms. The summed E-state index contributed by atoms with van der Waals surface area (Å²) < 4.78 is 0. The van der Waals surface area contributed by atoms with Crippen molar-refractivity contribution < 1.29 is 0 Å². The van der Waals surface area contributed by atoms with Crippen molar-refractivity contribution in [2.24, 2.45) is 0 Å². The van der Waals surface area contributed by atoms with Gasteiger partial charge in [-0.15, -0.1) is 0 Å². The van der Waals surface area contributed by atoms with E-state index in [9.17, 15) is 0 Å². The first-order valence-electron chi connectivity index (χ1n) is 5.03. The van der Waals surface area contributed by atoms with E-state index in [1.54, 1.807) is 0 Å². The van der Waals surface area contributed by atoms with E-state index in [1.807, 2.05) is 19.9 Å². The van der Waals surface area contributed by atoms with Gasteiger partial charge >= 0.3 is 0 Å². The van der Waals surface area contributed by atoms with Gasteiger partial charge in [-0.1, -0.05) is 6.92 Å².